The topological polar surface area (TPSA) is 29.3 Å². The predicted octanol–water partition coefficient (Wildman–Crippen LogP) is 3.71. The van der Waals surface area contributed by atoms with Crippen molar-refractivity contribution in [3.8, 4) is 0 Å². The van der Waals surface area contributed by atoms with Crippen LogP contribution in [-0.2, 0) is 5.41 Å². The lowest BCUT2D eigenvalue weighted by Gasteiger charge is -2.29. The summed E-state index contributed by atoms with van der Waals surface area (Å²) in [6.07, 6.45) is 1.24. The number of benzene rings is 1. The lowest BCUT2D eigenvalue weighted by Crippen LogP contribution is -2.30. The summed E-state index contributed by atoms with van der Waals surface area (Å²) in [5.41, 5.74) is 8.89. The number of nitrogens with two attached hydrogens (primary N) is 1. The molecule has 0 spiro atoms. The molecule has 0 amide bonds. The molecule has 0 radical (unpaired) electrons. The van der Waals surface area contributed by atoms with Crippen molar-refractivity contribution >= 4 is 0 Å². The second kappa shape index (κ2) is 5.87. The van der Waals surface area contributed by atoms with Crippen LogP contribution in [0.2, 0.25) is 0 Å². The molecule has 20 heavy (non-hydrogen) atoms. The Bertz CT molecular complexity index is 430. The summed E-state index contributed by atoms with van der Waals surface area (Å²) in [7, 11) is 0. The molecule has 2 heteroatoms. The van der Waals surface area contributed by atoms with Gasteiger partial charge >= 0.3 is 0 Å². The Labute approximate surface area is 124 Å². The maximum atomic E-state index is 5.84. The van der Waals surface area contributed by atoms with Crippen LogP contribution in [0.15, 0.2) is 24.3 Å². The zero-order chi connectivity index (χ0) is 14.9. The summed E-state index contributed by atoms with van der Waals surface area (Å²) in [4.78, 5) is 2.60. The minimum atomic E-state index is 0.230. The van der Waals surface area contributed by atoms with Crippen LogP contribution >= 0.6 is 0 Å². The van der Waals surface area contributed by atoms with E-state index in [0.717, 1.165) is 13.1 Å². The van der Waals surface area contributed by atoms with E-state index >= 15 is 0 Å². The maximum Gasteiger partial charge on any atom is 0.0322 e. The number of nitrogens with zero attached hydrogens (tertiary/aromatic N) is 1. The van der Waals surface area contributed by atoms with E-state index in [0.29, 0.717) is 18.0 Å². The first kappa shape index (κ1) is 15.5. The zero-order valence-corrected chi connectivity index (χ0v) is 13.7. The van der Waals surface area contributed by atoms with Gasteiger partial charge in [0.05, 0.1) is 0 Å². The molecule has 0 aromatic heterocycles. The second-order valence-electron chi connectivity index (χ2n) is 7.43. The summed E-state index contributed by atoms with van der Waals surface area (Å²) in [6, 6.07) is 10.3. The monoisotopic (exact) mass is 274 g/mol. The van der Waals surface area contributed by atoms with Crippen molar-refractivity contribution in [3.05, 3.63) is 35.4 Å². The van der Waals surface area contributed by atoms with E-state index in [-0.39, 0.29) is 5.41 Å². The SMILES string of the molecule is CC1CC(CN)CN1C(C)c1ccc(C(C)(C)C)cc1. The summed E-state index contributed by atoms with van der Waals surface area (Å²) in [5.74, 6) is 0.668. The van der Waals surface area contributed by atoms with Crippen molar-refractivity contribution < 1.29 is 0 Å². The molecular weight excluding hydrogens is 244 g/mol. The van der Waals surface area contributed by atoms with Crippen LogP contribution < -0.4 is 5.73 Å². The fourth-order valence-electron chi connectivity index (χ4n) is 3.33. The third kappa shape index (κ3) is 3.24. The molecule has 1 aliphatic heterocycles. The van der Waals surface area contributed by atoms with Gasteiger partial charge in [-0.25, -0.2) is 0 Å². The van der Waals surface area contributed by atoms with Crippen molar-refractivity contribution in [2.45, 2.75) is 58.5 Å². The van der Waals surface area contributed by atoms with Crippen LogP contribution in [0.4, 0.5) is 0 Å². The van der Waals surface area contributed by atoms with Crippen molar-refractivity contribution in [1.29, 1.82) is 0 Å². The van der Waals surface area contributed by atoms with Gasteiger partial charge in [-0.3, -0.25) is 4.90 Å². The smallest absolute Gasteiger partial charge is 0.0322 e. The Morgan fingerprint density at radius 1 is 1.25 bits per heavy atom. The van der Waals surface area contributed by atoms with Gasteiger partial charge in [-0.2, -0.15) is 0 Å². The van der Waals surface area contributed by atoms with Crippen LogP contribution in [0.1, 0.15) is 58.2 Å². The molecule has 3 unspecified atom stereocenters. The predicted molar refractivity (Wildman–Crippen MR) is 86.9 cm³/mol. The number of likely N-dealkylation sites (tertiary alicyclic amines) is 1. The highest BCUT2D eigenvalue weighted by molar-refractivity contribution is 5.29. The van der Waals surface area contributed by atoms with E-state index in [9.17, 15) is 0 Å². The first-order valence-corrected chi connectivity index (χ1v) is 7.89. The van der Waals surface area contributed by atoms with Gasteiger partial charge in [0.25, 0.3) is 0 Å². The summed E-state index contributed by atoms with van der Waals surface area (Å²) < 4.78 is 0. The Morgan fingerprint density at radius 2 is 1.85 bits per heavy atom. The van der Waals surface area contributed by atoms with Gasteiger partial charge in [-0.15, -0.1) is 0 Å². The molecule has 1 fully saturated rings. The van der Waals surface area contributed by atoms with Crippen LogP contribution in [0.3, 0.4) is 0 Å². The first-order chi connectivity index (χ1) is 9.32. The van der Waals surface area contributed by atoms with Gasteiger partial charge in [0.2, 0.25) is 0 Å². The van der Waals surface area contributed by atoms with Gasteiger partial charge in [-0.1, -0.05) is 45.0 Å². The minimum Gasteiger partial charge on any atom is -0.330 e. The average molecular weight is 274 g/mol. The fraction of sp³-hybridized carbons (Fsp3) is 0.667. The molecule has 2 nitrogen and oxygen atoms in total. The van der Waals surface area contributed by atoms with E-state index in [1.807, 2.05) is 0 Å². The summed E-state index contributed by atoms with van der Waals surface area (Å²) in [5, 5.41) is 0. The summed E-state index contributed by atoms with van der Waals surface area (Å²) in [6.45, 7) is 13.4. The first-order valence-electron chi connectivity index (χ1n) is 7.89. The fourth-order valence-corrected chi connectivity index (χ4v) is 3.33. The van der Waals surface area contributed by atoms with Gasteiger partial charge in [0, 0.05) is 18.6 Å². The second-order valence-corrected chi connectivity index (χ2v) is 7.43. The largest absolute Gasteiger partial charge is 0.330 e. The highest BCUT2D eigenvalue weighted by Gasteiger charge is 2.31. The number of hydrogen-bond donors (Lipinski definition) is 1. The standard InChI is InChI=1S/C18H30N2/c1-13-10-15(11-19)12-20(13)14(2)16-6-8-17(9-7-16)18(3,4)5/h6-9,13-15H,10-12,19H2,1-5H3. The Morgan fingerprint density at radius 3 is 2.30 bits per heavy atom. The molecule has 0 aliphatic carbocycles. The van der Waals surface area contributed by atoms with Crippen molar-refractivity contribution in [3.63, 3.8) is 0 Å². The van der Waals surface area contributed by atoms with E-state index in [1.165, 1.54) is 17.5 Å². The van der Waals surface area contributed by atoms with Crippen molar-refractivity contribution in [1.82, 2.24) is 4.90 Å². The maximum absolute atomic E-state index is 5.84. The zero-order valence-electron chi connectivity index (χ0n) is 13.7. The minimum absolute atomic E-state index is 0.230. The van der Waals surface area contributed by atoms with Crippen LogP contribution in [-0.4, -0.2) is 24.0 Å². The normalized spacial score (nSPS) is 25.9. The molecule has 0 bridgehead atoms. The van der Waals surface area contributed by atoms with Crippen LogP contribution in [0.25, 0.3) is 0 Å². The van der Waals surface area contributed by atoms with E-state index < -0.39 is 0 Å². The van der Waals surface area contributed by atoms with E-state index in [1.54, 1.807) is 0 Å². The van der Waals surface area contributed by atoms with Crippen molar-refractivity contribution in [2.24, 2.45) is 11.7 Å². The van der Waals surface area contributed by atoms with Gasteiger partial charge in [-0.05, 0) is 49.3 Å². The molecule has 1 aliphatic rings. The molecule has 1 aromatic rings. The third-order valence-corrected chi connectivity index (χ3v) is 4.80. The molecule has 2 N–H and O–H groups in total. The number of hydrogen-bond acceptors (Lipinski definition) is 2. The molecule has 1 heterocycles. The van der Waals surface area contributed by atoms with Gasteiger partial charge in [0.15, 0.2) is 0 Å². The summed E-state index contributed by atoms with van der Waals surface area (Å²) >= 11 is 0. The van der Waals surface area contributed by atoms with E-state index in [2.05, 4.69) is 63.8 Å². The molecule has 0 saturated carbocycles. The highest BCUT2D eigenvalue weighted by Crippen LogP contribution is 2.32. The molecule has 2 rings (SSSR count). The lowest BCUT2D eigenvalue weighted by atomic mass is 9.86. The van der Waals surface area contributed by atoms with Crippen LogP contribution in [0.5, 0.6) is 0 Å². The molecule has 1 aromatic carbocycles. The Kier molecular flexibility index (Phi) is 4.55. The molecule has 3 atom stereocenters. The molecular formula is C18H30N2. The number of rotatable bonds is 3. The Balaban J connectivity index is 2.11. The molecule has 112 valence electrons. The third-order valence-electron chi connectivity index (χ3n) is 4.80. The quantitative estimate of drug-likeness (QED) is 0.910. The highest BCUT2D eigenvalue weighted by atomic mass is 15.2. The molecule has 1 saturated heterocycles. The van der Waals surface area contributed by atoms with Gasteiger partial charge in [0.1, 0.15) is 0 Å². The van der Waals surface area contributed by atoms with Gasteiger partial charge < -0.3 is 5.73 Å². The Hall–Kier alpha value is -0.860. The van der Waals surface area contributed by atoms with Crippen molar-refractivity contribution in [2.75, 3.05) is 13.1 Å². The van der Waals surface area contributed by atoms with Crippen LogP contribution in [0, 0.1) is 5.92 Å². The average Bonchev–Trinajstić information content (AvgIpc) is 2.78. The lowest BCUT2D eigenvalue weighted by molar-refractivity contribution is 0.200. The van der Waals surface area contributed by atoms with E-state index in [4.69, 9.17) is 5.73 Å².